The number of halogens is 2. The van der Waals surface area contributed by atoms with Gasteiger partial charge in [-0.3, -0.25) is 13.9 Å². The van der Waals surface area contributed by atoms with Gasteiger partial charge in [-0.25, -0.2) is 8.42 Å². The molecule has 192 valence electrons. The van der Waals surface area contributed by atoms with Crippen molar-refractivity contribution < 1.29 is 18.0 Å². The monoisotopic (exact) mass is 541 g/mol. The fraction of sp³-hybridized carbons (Fsp3) is 0.440. The minimum atomic E-state index is -3.85. The van der Waals surface area contributed by atoms with Gasteiger partial charge in [0.25, 0.3) is 0 Å². The number of sulfonamides is 1. The standard InChI is InChI=1S/C25H33Cl2N3O4S/c1-5-23(25(32)28-16-18(2)3)29(12-11-19-9-7-6-8-10-19)24(31)17-30(35(4,33)34)22-14-20(26)13-21(27)15-22/h6-10,13-15,18,23H,5,11-12,16-17H2,1-4H3,(H,28,32). The van der Waals surface area contributed by atoms with E-state index in [1.807, 2.05) is 51.1 Å². The SMILES string of the molecule is CCC(C(=O)NCC(C)C)N(CCc1ccccc1)C(=O)CN(c1cc(Cl)cc(Cl)c1)S(C)(=O)=O. The molecule has 0 aliphatic rings. The van der Waals surface area contributed by atoms with Gasteiger partial charge in [0.05, 0.1) is 11.9 Å². The molecule has 0 aliphatic heterocycles. The molecule has 2 aromatic rings. The first kappa shape index (κ1) is 28.9. The van der Waals surface area contributed by atoms with Gasteiger partial charge in [-0.2, -0.15) is 0 Å². The molecule has 0 saturated carbocycles. The number of carbonyl (C=O) groups is 2. The Morgan fingerprint density at radius 2 is 1.63 bits per heavy atom. The van der Waals surface area contributed by atoms with Crippen LogP contribution in [-0.2, 0) is 26.0 Å². The number of anilines is 1. The molecule has 0 aromatic heterocycles. The Balaban J connectivity index is 2.37. The van der Waals surface area contributed by atoms with E-state index in [9.17, 15) is 18.0 Å². The molecule has 2 aromatic carbocycles. The molecule has 7 nitrogen and oxygen atoms in total. The van der Waals surface area contributed by atoms with Crippen LogP contribution in [-0.4, -0.2) is 57.1 Å². The van der Waals surface area contributed by atoms with Crippen molar-refractivity contribution in [2.75, 3.05) is 30.2 Å². The normalized spacial score (nSPS) is 12.3. The van der Waals surface area contributed by atoms with E-state index in [1.165, 1.54) is 23.1 Å². The van der Waals surface area contributed by atoms with E-state index in [0.717, 1.165) is 16.1 Å². The van der Waals surface area contributed by atoms with Crippen molar-refractivity contribution in [1.29, 1.82) is 0 Å². The first-order valence-corrected chi connectivity index (χ1v) is 14.1. The Bertz CT molecular complexity index is 1090. The summed E-state index contributed by atoms with van der Waals surface area (Å²) in [7, 11) is -3.85. The lowest BCUT2D eigenvalue weighted by molar-refractivity contribution is -0.139. The van der Waals surface area contributed by atoms with E-state index < -0.39 is 28.5 Å². The third-order valence-electron chi connectivity index (χ3n) is 5.37. The maximum Gasteiger partial charge on any atom is 0.244 e. The van der Waals surface area contributed by atoms with Gasteiger partial charge >= 0.3 is 0 Å². The van der Waals surface area contributed by atoms with Crippen LogP contribution in [0, 0.1) is 5.92 Å². The fourth-order valence-corrected chi connectivity index (χ4v) is 4.96. The lowest BCUT2D eigenvalue weighted by atomic mass is 10.1. The van der Waals surface area contributed by atoms with Crippen molar-refractivity contribution >= 4 is 50.7 Å². The molecule has 0 bridgehead atoms. The van der Waals surface area contributed by atoms with E-state index in [-0.39, 0.29) is 34.1 Å². The van der Waals surface area contributed by atoms with E-state index in [4.69, 9.17) is 23.2 Å². The summed E-state index contributed by atoms with van der Waals surface area (Å²) in [5.74, 6) is -0.508. The van der Waals surface area contributed by atoms with Crippen LogP contribution in [0.25, 0.3) is 0 Å². The number of carbonyl (C=O) groups excluding carboxylic acids is 2. The summed E-state index contributed by atoms with van der Waals surface area (Å²) in [4.78, 5) is 28.1. The summed E-state index contributed by atoms with van der Waals surface area (Å²) in [5, 5.41) is 3.39. The lowest BCUT2D eigenvalue weighted by Gasteiger charge is -2.33. The van der Waals surface area contributed by atoms with Crippen molar-refractivity contribution in [3.8, 4) is 0 Å². The minimum absolute atomic E-state index is 0.179. The highest BCUT2D eigenvalue weighted by atomic mass is 35.5. The molecule has 2 amide bonds. The second-order valence-electron chi connectivity index (χ2n) is 8.78. The maximum absolute atomic E-state index is 13.6. The minimum Gasteiger partial charge on any atom is -0.354 e. The van der Waals surface area contributed by atoms with Crippen LogP contribution in [0.4, 0.5) is 5.69 Å². The van der Waals surface area contributed by atoms with Gasteiger partial charge in [0.15, 0.2) is 0 Å². The predicted molar refractivity (Wildman–Crippen MR) is 142 cm³/mol. The molecule has 10 heteroatoms. The van der Waals surface area contributed by atoms with Crippen LogP contribution < -0.4 is 9.62 Å². The van der Waals surface area contributed by atoms with Gasteiger partial charge in [-0.15, -0.1) is 0 Å². The second kappa shape index (κ2) is 13.1. The van der Waals surface area contributed by atoms with Gasteiger partial charge in [-0.1, -0.05) is 74.3 Å². The molecule has 0 aliphatic carbocycles. The highest BCUT2D eigenvalue weighted by molar-refractivity contribution is 7.92. The van der Waals surface area contributed by atoms with Crippen molar-refractivity contribution in [2.24, 2.45) is 5.92 Å². The molecular weight excluding hydrogens is 509 g/mol. The third kappa shape index (κ3) is 9.02. The number of amides is 2. The van der Waals surface area contributed by atoms with Crippen molar-refractivity contribution in [3.63, 3.8) is 0 Å². The summed E-state index contributed by atoms with van der Waals surface area (Å²) in [6.45, 7) is 6.04. The number of hydrogen-bond donors (Lipinski definition) is 1. The first-order chi connectivity index (χ1) is 16.4. The molecular formula is C25H33Cl2N3O4S. The molecule has 0 heterocycles. The molecule has 1 unspecified atom stereocenters. The first-order valence-electron chi connectivity index (χ1n) is 11.5. The fourth-order valence-electron chi connectivity index (χ4n) is 3.62. The zero-order valence-corrected chi connectivity index (χ0v) is 22.8. The molecule has 0 radical (unpaired) electrons. The highest BCUT2D eigenvalue weighted by Crippen LogP contribution is 2.27. The number of nitrogens with zero attached hydrogens (tertiary/aromatic N) is 2. The topological polar surface area (TPSA) is 86.8 Å². The summed E-state index contributed by atoms with van der Waals surface area (Å²) in [6, 6.07) is 13.2. The lowest BCUT2D eigenvalue weighted by Crippen LogP contribution is -2.53. The van der Waals surface area contributed by atoms with Crippen LogP contribution in [0.3, 0.4) is 0 Å². The van der Waals surface area contributed by atoms with Gasteiger partial charge in [0.1, 0.15) is 12.6 Å². The zero-order chi connectivity index (χ0) is 26.2. The predicted octanol–water partition coefficient (Wildman–Crippen LogP) is 4.38. The molecule has 0 saturated heterocycles. The summed E-state index contributed by atoms with van der Waals surface area (Å²) >= 11 is 12.2. The van der Waals surface area contributed by atoms with E-state index in [0.29, 0.717) is 19.4 Å². The average molecular weight is 543 g/mol. The van der Waals surface area contributed by atoms with Gasteiger partial charge in [-0.05, 0) is 42.5 Å². The molecule has 35 heavy (non-hydrogen) atoms. The van der Waals surface area contributed by atoms with Crippen molar-refractivity contribution in [1.82, 2.24) is 10.2 Å². The second-order valence-corrected chi connectivity index (χ2v) is 11.6. The van der Waals surface area contributed by atoms with Crippen molar-refractivity contribution in [2.45, 2.75) is 39.7 Å². The molecule has 1 atom stereocenters. The highest BCUT2D eigenvalue weighted by Gasteiger charge is 2.31. The van der Waals surface area contributed by atoms with E-state index in [2.05, 4.69) is 5.32 Å². The molecule has 0 fully saturated rings. The van der Waals surface area contributed by atoms with Gasteiger partial charge in [0, 0.05) is 23.1 Å². The number of benzene rings is 2. The third-order valence-corrected chi connectivity index (χ3v) is 6.95. The van der Waals surface area contributed by atoms with Crippen LogP contribution in [0.2, 0.25) is 10.0 Å². The van der Waals surface area contributed by atoms with Crippen LogP contribution in [0.5, 0.6) is 0 Å². The van der Waals surface area contributed by atoms with Crippen LogP contribution >= 0.6 is 23.2 Å². The summed E-state index contributed by atoms with van der Waals surface area (Å²) in [5.41, 5.74) is 1.18. The Hall–Kier alpha value is -2.29. The maximum atomic E-state index is 13.6. The van der Waals surface area contributed by atoms with Crippen molar-refractivity contribution in [3.05, 3.63) is 64.1 Å². The Kier molecular flexibility index (Phi) is 10.9. The summed E-state index contributed by atoms with van der Waals surface area (Å²) < 4.78 is 26.2. The Morgan fingerprint density at radius 3 is 2.14 bits per heavy atom. The van der Waals surface area contributed by atoms with E-state index in [1.54, 1.807) is 0 Å². The van der Waals surface area contributed by atoms with Gasteiger partial charge in [0.2, 0.25) is 21.8 Å². The molecule has 2 rings (SSSR count). The van der Waals surface area contributed by atoms with Crippen LogP contribution in [0.1, 0.15) is 32.8 Å². The molecule has 1 N–H and O–H groups in total. The van der Waals surface area contributed by atoms with Crippen LogP contribution in [0.15, 0.2) is 48.5 Å². The zero-order valence-electron chi connectivity index (χ0n) is 20.5. The average Bonchev–Trinajstić information content (AvgIpc) is 2.77. The molecule has 0 spiro atoms. The Labute approximate surface area is 218 Å². The van der Waals surface area contributed by atoms with E-state index >= 15 is 0 Å². The number of rotatable bonds is 12. The largest absolute Gasteiger partial charge is 0.354 e. The number of nitrogens with one attached hydrogen (secondary N) is 1. The van der Waals surface area contributed by atoms with Gasteiger partial charge < -0.3 is 10.2 Å². The number of hydrogen-bond acceptors (Lipinski definition) is 4. The quantitative estimate of drug-likeness (QED) is 0.431. The Morgan fingerprint density at radius 1 is 1.03 bits per heavy atom. The summed E-state index contributed by atoms with van der Waals surface area (Å²) in [6.07, 6.45) is 1.91. The smallest absolute Gasteiger partial charge is 0.244 e.